The van der Waals surface area contributed by atoms with E-state index in [0.29, 0.717) is 28.0 Å². The number of fused-ring (bicyclic) bond motifs is 3. The molecule has 0 bridgehead atoms. The molecule has 0 radical (unpaired) electrons. The van der Waals surface area contributed by atoms with Gasteiger partial charge in [-0.25, -0.2) is 9.88 Å². The van der Waals surface area contributed by atoms with Crippen LogP contribution >= 0.6 is 0 Å². The predicted octanol–water partition coefficient (Wildman–Crippen LogP) is 5.63. The number of pyridine rings is 1. The molecule has 0 unspecified atom stereocenters. The summed E-state index contributed by atoms with van der Waals surface area (Å²) in [5.41, 5.74) is 6.35. The average Bonchev–Trinajstić information content (AvgIpc) is 3.00. The standard InChI is InChI=1S/C26H20N2O2/c1-15-12-13-20-19(14-15)21-22(23(27-20)18-10-5-4-6-11-18)26(30)28(25(21)29)24-16(2)8-7-9-17(24)3/h4-14H,1-3H3. The lowest BCUT2D eigenvalue weighted by Crippen LogP contribution is -2.30. The third-order valence-corrected chi connectivity index (χ3v) is 5.68. The van der Waals surface area contributed by atoms with Gasteiger partial charge in [-0.05, 0) is 44.0 Å². The van der Waals surface area contributed by atoms with E-state index in [1.807, 2.05) is 87.5 Å². The van der Waals surface area contributed by atoms with Crippen LogP contribution in [0.2, 0.25) is 0 Å². The third kappa shape index (κ3) is 2.57. The van der Waals surface area contributed by atoms with Gasteiger partial charge in [0.25, 0.3) is 11.8 Å². The van der Waals surface area contributed by atoms with E-state index in [4.69, 9.17) is 4.98 Å². The number of aromatic nitrogens is 1. The van der Waals surface area contributed by atoms with E-state index < -0.39 is 0 Å². The third-order valence-electron chi connectivity index (χ3n) is 5.68. The molecule has 0 N–H and O–H groups in total. The Morgan fingerprint density at radius 2 is 1.40 bits per heavy atom. The Labute approximate surface area is 174 Å². The molecule has 0 saturated carbocycles. The minimum absolute atomic E-state index is 0.289. The number of anilines is 1. The van der Waals surface area contributed by atoms with Crippen molar-refractivity contribution in [1.29, 1.82) is 0 Å². The first-order chi connectivity index (χ1) is 14.5. The van der Waals surface area contributed by atoms with Crippen LogP contribution in [-0.2, 0) is 0 Å². The molecule has 1 aromatic heterocycles. The lowest BCUT2D eigenvalue weighted by atomic mass is 9.97. The van der Waals surface area contributed by atoms with Gasteiger partial charge in [-0.3, -0.25) is 9.59 Å². The van der Waals surface area contributed by atoms with Crippen molar-refractivity contribution >= 4 is 28.4 Å². The molecule has 5 rings (SSSR count). The topological polar surface area (TPSA) is 50.3 Å². The van der Waals surface area contributed by atoms with Crippen LogP contribution in [0.4, 0.5) is 5.69 Å². The van der Waals surface area contributed by atoms with Gasteiger partial charge in [0.1, 0.15) is 0 Å². The molecule has 1 aliphatic rings. The molecule has 0 atom stereocenters. The highest BCUT2D eigenvalue weighted by atomic mass is 16.2. The molecule has 1 aliphatic heterocycles. The number of imide groups is 1. The van der Waals surface area contributed by atoms with Crippen LogP contribution in [-0.4, -0.2) is 16.8 Å². The van der Waals surface area contributed by atoms with Crippen molar-refractivity contribution in [2.45, 2.75) is 20.8 Å². The molecule has 0 aliphatic carbocycles. The van der Waals surface area contributed by atoms with E-state index in [2.05, 4.69) is 0 Å². The molecule has 2 heterocycles. The van der Waals surface area contributed by atoms with Gasteiger partial charge in [0.15, 0.2) is 0 Å². The predicted molar refractivity (Wildman–Crippen MR) is 119 cm³/mol. The summed E-state index contributed by atoms with van der Waals surface area (Å²) in [6.07, 6.45) is 0. The molecule has 4 aromatic rings. The van der Waals surface area contributed by atoms with Gasteiger partial charge in [-0.15, -0.1) is 0 Å². The van der Waals surface area contributed by atoms with Crippen LogP contribution in [0.25, 0.3) is 22.2 Å². The van der Waals surface area contributed by atoms with Gasteiger partial charge >= 0.3 is 0 Å². The largest absolute Gasteiger partial charge is 0.268 e. The second-order valence-electron chi connectivity index (χ2n) is 7.78. The zero-order valence-electron chi connectivity index (χ0n) is 17.1. The van der Waals surface area contributed by atoms with Gasteiger partial charge in [-0.1, -0.05) is 60.2 Å². The van der Waals surface area contributed by atoms with Gasteiger partial charge in [0.2, 0.25) is 0 Å². The summed E-state index contributed by atoms with van der Waals surface area (Å²) in [6, 6.07) is 21.2. The normalized spacial score (nSPS) is 13.2. The molecule has 2 amide bonds. The van der Waals surface area contributed by atoms with Crippen LogP contribution in [0.15, 0.2) is 66.7 Å². The van der Waals surface area contributed by atoms with E-state index in [1.54, 1.807) is 0 Å². The quantitative estimate of drug-likeness (QED) is 0.416. The van der Waals surface area contributed by atoms with E-state index in [0.717, 1.165) is 27.6 Å². The molecule has 4 nitrogen and oxygen atoms in total. The van der Waals surface area contributed by atoms with E-state index in [-0.39, 0.29) is 11.8 Å². The Bertz CT molecular complexity index is 1340. The Balaban J connectivity index is 1.86. The summed E-state index contributed by atoms with van der Waals surface area (Å²) in [6.45, 7) is 5.82. The lowest BCUT2D eigenvalue weighted by Gasteiger charge is -2.19. The minimum atomic E-state index is -0.317. The summed E-state index contributed by atoms with van der Waals surface area (Å²) >= 11 is 0. The maximum atomic E-state index is 13.7. The van der Waals surface area contributed by atoms with Crippen molar-refractivity contribution in [3.63, 3.8) is 0 Å². The fourth-order valence-electron chi connectivity index (χ4n) is 4.29. The van der Waals surface area contributed by atoms with Gasteiger partial charge in [0, 0.05) is 10.9 Å². The smallest absolute Gasteiger partial charge is 0.268 e. The van der Waals surface area contributed by atoms with E-state index in [1.165, 1.54) is 4.90 Å². The summed E-state index contributed by atoms with van der Waals surface area (Å²) in [5, 5.41) is 0.719. The van der Waals surface area contributed by atoms with Gasteiger partial charge in [-0.2, -0.15) is 0 Å². The summed E-state index contributed by atoms with van der Waals surface area (Å²) in [4.78, 5) is 33.5. The van der Waals surface area contributed by atoms with Gasteiger partial charge in [0.05, 0.1) is 28.0 Å². The molecular formula is C26H20N2O2. The van der Waals surface area contributed by atoms with Crippen molar-refractivity contribution < 1.29 is 9.59 Å². The Kier molecular flexibility index (Phi) is 4.03. The second-order valence-corrected chi connectivity index (χ2v) is 7.78. The average molecular weight is 392 g/mol. The van der Waals surface area contributed by atoms with Crippen LogP contribution in [0.1, 0.15) is 37.4 Å². The fraction of sp³-hybridized carbons (Fsp3) is 0.115. The van der Waals surface area contributed by atoms with Crippen LogP contribution in [0.3, 0.4) is 0 Å². The highest BCUT2D eigenvalue weighted by Crippen LogP contribution is 2.40. The van der Waals surface area contributed by atoms with Crippen molar-refractivity contribution in [3.8, 4) is 11.3 Å². The number of hydrogen-bond acceptors (Lipinski definition) is 3. The van der Waals surface area contributed by atoms with Crippen molar-refractivity contribution in [3.05, 3.63) is 94.5 Å². The fourth-order valence-corrected chi connectivity index (χ4v) is 4.29. The molecule has 0 spiro atoms. The SMILES string of the molecule is Cc1ccc2nc(-c3ccccc3)c3c(c2c1)C(=O)N(c1c(C)cccc1C)C3=O. The zero-order valence-corrected chi connectivity index (χ0v) is 17.1. The van der Waals surface area contributed by atoms with Crippen LogP contribution in [0, 0.1) is 20.8 Å². The Hall–Kier alpha value is -3.79. The zero-order chi connectivity index (χ0) is 21.0. The number of amides is 2. The first-order valence-electron chi connectivity index (χ1n) is 9.92. The molecule has 0 saturated heterocycles. The summed E-state index contributed by atoms with van der Waals surface area (Å²) < 4.78 is 0. The van der Waals surface area contributed by atoms with E-state index in [9.17, 15) is 9.59 Å². The molecule has 3 aromatic carbocycles. The number of benzene rings is 3. The maximum absolute atomic E-state index is 13.7. The number of rotatable bonds is 2. The number of carbonyl (C=O) groups excluding carboxylic acids is 2. The molecule has 146 valence electrons. The number of carbonyl (C=O) groups is 2. The van der Waals surface area contributed by atoms with Gasteiger partial charge < -0.3 is 0 Å². The van der Waals surface area contributed by atoms with Crippen LogP contribution in [0.5, 0.6) is 0 Å². The Morgan fingerprint density at radius 1 is 0.733 bits per heavy atom. The first-order valence-corrected chi connectivity index (χ1v) is 9.92. The van der Waals surface area contributed by atoms with Crippen molar-refractivity contribution in [1.82, 2.24) is 4.98 Å². The number of hydrogen-bond donors (Lipinski definition) is 0. The minimum Gasteiger partial charge on any atom is -0.268 e. The highest BCUT2D eigenvalue weighted by molar-refractivity contribution is 6.39. The van der Waals surface area contributed by atoms with Crippen LogP contribution < -0.4 is 4.90 Å². The monoisotopic (exact) mass is 392 g/mol. The maximum Gasteiger partial charge on any atom is 0.268 e. The molecule has 0 fully saturated rings. The second kappa shape index (κ2) is 6.63. The highest BCUT2D eigenvalue weighted by Gasteiger charge is 2.42. The molecule has 4 heteroatoms. The van der Waals surface area contributed by atoms with Crippen molar-refractivity contribution in [2.24, 2.45) is 0 Å². The summed E-state index contributed by atoms with van der Waals surface area (Å²) in [5.74, 6) is -0.607. The van der Waals surface area contributed by atoms with Crippen molar-refractivity contribution in [2.75, 3.05) is 4.90 Å². The van der Waals surface area contributed by atoms with E-state index >= 15 is 0 Å². The Morgan fingerprint density at radius 3 is 2.10 bits per heavy atom. The lowest BCUT2D eigenvalue weighted by molar-refractivity contribution is 0.0926. The molecule has 30 heavy (non-hydrogen) atoms. The number of para-hydroxylation sites is 1. The molecular weight excluding hydrogens is 372 g/mol. The number of nitrogens with zero attached hydrogens (tertiary/aromatic N) is 2. The first kappa shape index (κ1) is 18.3. The summed E-state index contributed by atoms with van der Waals surface area (Å²) in [7, 11) is 0. The number of aryl methyl sites for hydroxylation is 3.